The molecule has 126 valence electrons. The first kappa shape index (κ1) is 17.5. The van der Waals surface area contributed by atoms with E-state index in [1.807, 2.05) is 19.9 Å². The normalized spacial score (nSPS) is 11.0. The quantitative estimate of drug-likeness (QED) is 0.630. The number of hydrogen-bond acceptors (Lipinski definition) is 3. The van der Waals surface area contributed by atoms with Crippen LogP contribution in [0.3, 0.4) is 0 Å². The van der Waals surface area contributed by atoms with Crippen molar-refractivity contribution in [2.24, 2.45) is 0 Å². The lowest BCUT2D eigenvalue weighted by Crippen LogP contribution is -2.20. The van der Waals surface area contributed by atoms with Gasteiger partial charge in [-0.05, 0) is 43.7 Å². The molecule has 0 aromatic heterocycles. The Morgan fingerprint density at radius 2 is 2.04 bits per heavy atom. The highest BCUT2D eigenvalue weighted by atomic mass is 19.1. The molecular formula is C19H21FN2O2. The summed E-state index contributed by atoms with van der Waals surface area (Å²) in [7, 11) is 0. The van der Waals surface area contributed by atoms with E-state index in [1.165, 1.54) is 12.1 Å². The number of rotatable bonds is 6. The number of hydrogen-bond donors (Lipinski definition) is 2. The minimum Gasteiger partial charge on any atom is -0.489 e. The summed E-state index contributed by atoms with van der Waals surface area (Å²) < 4.78 is 19.0. The van der Waals surface area contributed by atoms with Crippen molar-refractivity contribution in [1.29, 1.82) is 0 Å². The minimum absolute atomic E-state index is 0.0397. The van der Waals surface area contributed by atoms with Gasteiger partial charge in [0.15, 0.2) is 0 Å². The van der Waals surface area contributed by atoms with Gasteiger partial charge in [-0.1, -0.05) is 24.3 Å². The van der Waals surface area contributed by atoms with Gasteiger partial charge in [0.2, 0.25) is 5.91 Å². The molecule has 0 fully saturated rings. The maximum absolute atomic E-state index is 13.5. The second kappa shape index (κ2) is 8.15. The molecule has 0 saturated carbocycles. The first-order chi connectivity index (χ1) is 11.5. The average molecular weight is 328 g/mol. The van der Waals surface area contributed by atoms with Crippen LogP contribution in [-0.4, -0.2) is 12.0 Å². The Morgan fingerprint density at radius 3 is 2.71 bits per heavy atom. The second-order valence-corrected chi connectivity index (χ2v) is 5.61. The third-order valence-electron chi connectivity index (χ3n) is 3.23. The van der Waals surface area contributed by atoms with Gasteiger partial charge < -0.3 is 15.8 Å². The smallest absolute Gasteiger partial charge is 0.244 e. The van der Waals surface area contributed by atoms with E-state index in [0.717, 1.165) is 5.56 Å². The maximum Gasteiger partial charge on any atom is 0.244 e. The monoisotopic (exact) mass is 328 g/mol. The summed E-state index contributed by atoms with van der Waals surface area (Å²) in [5.41, 5.74) is 7.66. The molecule has 0 bridgehead atoms. The van der Waals surface area contributed by atoms with Crippen LogP contribution in [-0.2, 0) is 11.3 Å². The Kier molecular flexibility index (Phi) is 5.95. The summed E-state index contributed by atoms with van der Waals surface area (Å²) in [5.74, 6) is -0.0271. The number of amides is 1. The van der Waals surface area contributed by atoms with Crippen LogP contribution >= 0.6 is 0 Å². The van der Waals surface area contributed by atoms with Crippen molar-refractivity contribution in [2.45, 2.75) is 26.5 Å². The number of nitrogens with one attached hydrogen (secondary N) is 1. The van der Waals surface area contributed by atoms with Gasteiger partial charge in [-0.3, -0.25) is 4.79 Å². The lowest BCUT2D eigenvalue weighted by atomic mass is 10.1. The first-order valence-corrected chi connectivity index (χ1v) is 7.71. The van der Waals surface area contributed by atoms with Crippen molar-refractivity contribution in [3.63, 3.8) is 0 Å². The molecule has 24 heavy (non-hydrogen) atoms. The van der Waals surface area contributed by atoms with Gasteiger partial charge in [0.1, 0.15) is 11.6 Å². The molecule has 0 heterocycles. The van der Waals surface area contributed by atoms with Crippen molar-refractivity contribution >= 4 is 17.7 Å². The molecule has 2 rings (SSSR count). The van der Waals surface area contributed by atoms with Crippen molar-refractivity contribution in [1.82, 2.24) is 5.32 Å². The van der Waals surface area contributed by atoms with Gasteiger partial charge in [-0.2, -0.15) is 0 Å². The largest absolute Gasteiger partial charge is 0.489 e. The van der Waals surface area contributed by atoms with Gasteiger partial charge in [0, 0.05) is 18.2 Å². The fourth-order valence-corrected chi connectivity index (χ4v) is 2.09. The molecule has 2 aromatic rings. The van der Waals surface area contributed by atoms with Crippen molar-refractivity contribution in [3.05, 3.63) is 65.5 Å². The number of nitrogens with two attached hydrogens (primary N) is 1. The Bertz CT molecular complexity index is 742. The molecular weight excluding hydrogens is 307 g/mol. The fraction of sp³-hybridized carbons (Fsp3) is 0.211. The molecule has 0 unspecified atom stereocenters. The molecule has 1 amide bonds. The SMILES string of the molecule is CC(C)Oc1ccc(/C=C\C(=O)NCc2ccccc2F)cc1N. The number of halogens is 1. The number of nitrogen functional groups attached to an aromatic ring is 1. The Labute approximate surface area is 141 Å². The average Bonchev–Trinajstić information content (AvgIpc) is 2.54. The summed E-state index contributed by atoms with van der Waals surface area (Å²) >= 11 is 0. The zero-order valence-electron chi connectivity index (χ0n) is 13.8. The molecule has 0 saturated heterocycles. The predicted molar refractivity (Wildman–Crippen MR) is 93.9 cm³/mol. The number of anilines is 1. The molecule has 0 aliphatic carbocycles. The van der Waals surface area contributed by atoms with Crippen LogP contribution in [0, 0.1) is 5.82 Å². The van der Waals surface area contributed by atoms with E-state index in [0.29, 0.717) is 17.0 Å². The zero-order chi connectivity index (χ0) is 17.5. The lowest BCUT2D eigenvalue weighted by molar-refractivity contribution is -0.116. The van der Waals surface area contributed by atoms with Gasteiger partial charge in [-0.15, -0.1) is 0 Å². The van der Waals surface area contributed by atoms with E-state index in [-0.39, 0.29) is 24.4 Å². The highest BCUT2D eigenvalue weighted by Crippen LogP contribution is 2.24. The molecule has 0 spiro atoms. The molecule has 0 radical (unpaired) electrons. The summed E-state index contributed by atoms with van der Waals surface area (Å²) in [6.45, 7) is 3.99. The van der Waals surface area contributed by atoms with Crippen LogP contribution in [0.2, 0.25) is 0 Å². The summed E-state index contributed by atoms with van der Waals surface area (Å²) in [6.07, 6.45) is 3.07. The third-order valence-corrected chi connectivity index (χ3v) is 3.23. The van der Waals surface area contributed by atoms with E-state index in [1.54, 1.807) is 36.4 Å². The van der Waals surface area contributed by atoms with Crippen molar-refractivity contribution in [3.8, 4) is 5.75 Å². The fourth-order valence-electron chi connectivity index (χ4n) is 2.09. The molecule has 0 atom stereocenters. The molecule has 0 aliphatic rings. The number of carbonyl (C=O) groups excluding carboxylic acids is 1. The molecule has 2 aromatic carbocycles. The summed E-state index contributed by atoms with van der Waals surface area (Å²) in [6, 6.07) is 11.6. The van der Waals surface area contributed by atoms with Crippen LogP contribution in [0.4, 0.5) is 10.1 Å². The molecule has 3 N–H and O–H groups in total. The van der Waals surface area contributed by atoms with Crippen LogP contribution in [0.1, 0.15) is 25.0 Å². The summed E-state index contributed by atoms with van der Waals surface area (Å²) in [5, 5.41) is 2.64. The second-order valence-electron chi connectivity index (χ2n) is 5.61. The van der Waals surface area contributed by atoms with E-state index < -0.39 is 0 Å². The van der Waals surface area contributed by atoms with Crippen molar-refractivity contribution in [2.75, 3.05) is 5.73 Å². The maximum atomic E-state index is 13.5. The highest BCUT2D eigenvalue weighted by Gasteiger charge is 2.04. The van der Waals surface area contributed by atoms with Crippen molar-refractivity contribution < 1.29 is 13.9 Å². The Morgan fingerprint density at radius 1 is 1.29 bits per heavy atom. The first-order valence-electron chi connectivity index (χ1n) is 7.71. The van der Waals surface area contributed by atoms with Crippen LogP contribution < -0.4 is 15.8 Å². The van der Waals surface area contributed by atoms with E-state index in [4.69, 9.17) is 10.5 Å². The number of carbonyl (C=O) groups is 1. The van der Waals surface area contributed by atoms with Gasteiger partial charge in [-0.25, -0.2) is 4.39 Å². The molecule has 0 aliphatic heterocycles. The third kappa shape index (κ3) is 5.12. The van der Waals surface area contributed by atoms with Crippen LogP contribution in [0.15, 0.2) is 48.5 Å². The van der Waals surface area contributed by atoms with Gasteiger partial charge in [0.25, 0.3) is 0 Å². The van der Waals surface area contributed by atoms with Gasteiger partial charge in [0.05, 0.1) is 11.8 Å². The summed E-state index contributed by atoms with van der Waals surface area (Å²) in [4.78, 5) is 11.8. The van der Waals surface area contributed by atoms with Gasteiger partial charge >= 0.3 is 0 Å². The van der Waals surface area contributed by atoms with Crippen LogP contribution in [0.25, 0.3) is 6.08 Å². The zero-order valence-corrected chi connectivity index (χ0v) is 13.8. The highest BCUT2D eigenvalue weighted by molar-refractivity contribution is 5.91. The van der Waals surface area contributed by atoms with E-state index >= 15 is 0 Å². The predicted octanol–water partition coefficient (Wildman–Crippen LogP) is 3.52. The topological polar surface area (TPSA) is 64.3 Å². The Hall–Kier alpha value is -2.82. The molecule has 5 heteroatoms. The van der Waals surface area contributed by atoms with Crippen LogP contribution in [0.5, 0.6) is 5.75 Å². The standard InChI is InChI=1S/C19H21FN2O2/c1-13(2)24-18-9-7-14(11-17(18)21)8-10-19(23)22-12-15-5-3-4-6-16(15)20/h3-11,13H,12,21H2,1-2H3,(H,22,23)/b10-8-. The number of ether oxygens (including phenoxy) is 1. The van der Waals surface area contributed by atoms with E-state index in [2.05, 4.69) is 5.32 Å². The molecule has 4 nitrogen and oxygen atoms in total. The van der Waals surface area contributed by atoms with E-state index in [9.17, 15) is 9.18 Å². The number of benzene rings is 2. The lowest BCUT2D eigenvalue weighted by Gasteiger charge is -2.12. The Balaban J connectivity index is 1.94. The minimum atomic E-state index is -0.338.